The normalized spacial score (nSPS) is 11.8. The van der Waals surface area contributed by atoms with Gasteiger partial charge in [0, 0.05) is 17.0 Å². The van der Waals surface area contributed by atoms with Crippen LogP contribution in [0.2, 0.25) is 0 Å². The summed E-state index contributed by atoms with van der Waals surface area (Å²) in [5.74, 6) is 0. The van der Waals surface area contributed by atoms with Gasteiger partial charge in [0.15, 0.2) is 0 Å². The zero-order valence-electron chi connectivity index (χ0n) is 13.6. The first-order valence-electron chi connectivity index (χ1n) is 8.41. The second-order valence-electron chi connectivity index (χ2n) is 6.18. The number of nitrogens with one attached hydrogen (secondary N) is 1. The van der Waals surface area contributed by atoms with Gasteiger partial charge >= 0.3 is 0 Å². The summed E-state index contributed by atoms with van der Waals surface area (Å²) in [7, 11) is 0. The third kappa shape index (κ3) is 2.23. The molecule has 0 bridgehead atoms. The lowest BCUT2D eigenvalue weighted by Crippen LogP contribution is -1.84. The first kappa shape index (κ1) is 14.0. The summed E-state index contributed by atoms with van der Waals surface area (Å²) in [4.78, 5) is 8.05. The van der Waals surface area contributed by atoms with E-state index in [-0.39, 0.29) is 0 Å². The first-order valence-corrected chi connectivity index (χ1v) is 8.41. The van der Waals surface area contributed by atoms with Crippen molar-refractivity contribution >= 4 is 44.2 Å². The fraction of sp³-hybridized carbons (Fsp3) is 0. The van der Waals surface area contributed by atoms with Crippen LogP contribution >= 0.6 is 0 Å². The van der Waals surface area contributed by atoms with Crippen molar-refractivity contribution in [1.29, 1.82) is 0 Å². The molecule has 0 saturated carbocycles. The van der Waals surface area contributed by atoms with E-state index in [1.165, 1.54) is 32.3 Å². The molecule has 0 aliphatic rings. The number of rotatable bonds is 2. The summed E-state index contributed by atoms with van der Waals surface area (Å²) in [5.41, 5.74) is 2.00. The molecular weight excluding hydrogens is 304 g/mol. The minimum absolute atomic E-state index is 0.954. The number of hydrogen-bond donors (Lipinski definition) is 1. The predicted molar refractivity (Wildman–Crippen MR) is 107 cm³/mol. The second-order valence-corrected chi connectivity index (χ2v) is 6.18. The molecule has 0 atom stereocenters. The van der Waals surface area contributed by atoms with Gasteiger partial charge in [0.25, 0.3) is 0 Å². The highest BCUT2D eigenvalue weighted by atomic mass is 14.8. The van der Waals surface area contributed by atoms with E-state index in [0.717, 1.165) is 11.4 Å². The molecule has 0 spiro atoms. The highest BCUT2D eigenvalue weighted by Gasteiger charge is 2.11. The van der Waals surface area contributed by atoms with Crippen molar-refractivity contribution in [2.24, 2.45) is 4.99 Å². The molecule has 0 radical (unpaired) electrons. The Morgan fingerprint density at radius 1 is 0.600 bits per heavy atom. The van der Waals surface area contributed by atoms with Crippen LogP contribution in [-0.4, -0.2) is 11.2 Å². The van der Waals surface area contributed by atoms with Crippen molar-refractivity contribution in [3.63, 3.8) is 0 Å². The van der Waals surface area contributed by atoms with Crippen molar-refractivity contribution < 1.29 is 0 Å². The molecule has 0 amide bonds. The summed E-state index contributed by atoms with van der Waals surface area (Å²) < 4.78 is 0. The van der Waals surface area contributed by atoms with Crippen LogP contribution in [0.4, 0.5) is 5.69 Å². The van der Waals surface area contributed by atoms with Crippen LogP contribution in [0.25, 0.3) is 32.3 Å². The fourth-order valence-corrected chi connectivity index (χ4v) is 3.59. The van der Waals surface area contributed by atoms with E-state index in [2.05, 4.69) is 64.7 Å². The van der Waals surface area contributed by atoms with Gasteiger partial charge in [-0.25, -0.2) is 0 Å². The van der Waals surface area contributed by atoms with E-state index in [0.29, 0.717) is 0 Å². The summed E-state index contributed by atoms with van der Waals surface area (Å²) in [5, 5.41) is 7.56. The monoisotopic (exact) mass is 320 g/mol. The molecule has 1 aromatic heterocycles. The molecule has 1 heterocycles. The van der Waals surface area contributed by atoms with Crippen LogP contribution in [0.5, 0.6) is 0 Å². The lowest BCUT2D eigenvalue weighted by Gasteiger charge is -2.07. The van der Waals surface area contributed by atoms with Crippen molar-refractivity contribution in [2.45, 2.75) is 0 Å². The number of H-pyrrole nitrogens is 1. The Hall–Kier alpha value is -3.39. The molecule has 2 heteroatoms. The minimum Gasteiger partial charge on any atom is -0.359 e. The van der Waals surface area contributed by atoms with Crippen molar-refractivity contribution in [3.05, 3.63) is 90.8 Å². The molecule has 5 rings (SSSR count). The van der Waals surface area contributed by atoms with Crippen LogP contribution in [-0.2, 0) is 0 Å². The van der Waals surface area contributed by atoms with Crippen molar-refractivity contribution in [3.8, 4) is 0 Å². The topological polar surface area (TPSA) is 28.1 Å². The van der Waals surface area contributed by atoms with Crippen molar-refractivity contribution in [2.75, 3.05) is 0 Å². The average Bonchev–Trinajstić information content (AvgIpc) is 3.12. The molecule has 0 fully saturated rings. The van der Waals surface area contributed by atoms with E-state index in [1.807, 2.05) is 36.5 Å². The zero-order valence-corrected chi connectivity index (χ0v) is 13.6. The Labute approximate surface area is 145 Å². The van der Waals surface area contributed by atoms with Gasteiger partial charge in [-0.05, 0) is 33.7 Å². The maximum atomic E-state index is 4.63. The average molecular weight is 320 g/mol. The number of para-hydroxylation sites is 1. The van der Waals surface area contributed by atoms with Gasteiger partial charge < -0.3 is 4.98 Å². The molecular formula is C23H16N2. The van der Waals surface area contributed by atoms with Gasteiger partial charge in [-0.2, -0.15) is 0 Å². The van der Waals surface area contributed by atoms with Gasteiger partial charge in [0.05, 0.1) is 17.6 Å². The smallest absolute Gasteiger partial charge is 0.0652 e. The fourth-order valence-electron chi connectivity index (χ4n) is 3.59. The first-order chi connectivity index (χ1) is 12.4. The third-order valence-electron chi connectivity index (χ3n) is 4.71. The Morgan fingerprint density at radius 3 is 1.88 bits per heavy atom. The van der Waals surface area contributed by atoms with E-state index in [4.69, 9.17) is 0 Å². The summed E-state index contributed by atoms with van der Waals surface area (Å²) in [6, 6.07) is 27.2. The highest BCUT2D eigenvalue weighted by molar-refractivity contribution is 6.28. The molecule has 25 heavy (non-hydrogen) atoms. The SMILES string of the molecule is C(=Nc1ccccc1)c1[nH]cc2c3ccccc3c3ccccc3c12. The molecule has 5 aromatic rings. The molecule has 0 aliphatic carbocycles. The summed E-state index contributed by atoms with van der Waals surface area (Å²) >= 11 is 0. The molecule has 1 N–H and O–H groups in total. The minimum atomic E-state index is 0.954. The zero-order chi connectivity index (χ0) is 16.6. The Balaban J connectivity index is 1.84. The molecule has 0 aliphatic heterocycles. The van der Waals surface area contributed by atoms with E-state index in [1.54, 1.807) is 0 Å². The predicted octanol–water partition coefficient (Wildman–Crippen LogP) is 6.22. The van der Waals surface area contributed by atoms with Crippen LogP contribution in [0.3, 0.4) is 0 Å². The van der Waals surface area contributed by atoms with E-state index in [9.17, 15) is 0 Å². The molecule has 2 nitrogen and oxygen atoms in total. The maximum absolute atomic E-state index is 4.63. The quantitative estimate of drug-likeness (QED) is 0.295. The lowest BCUT2D eigenvalue weighted by atomic mass is 9.96. The Kier molecular flexibility index (Phi) is 3.14. The largest absolute Gasteiger partial charge is 0.359 e. The molecule has 4 aromatic carbocycles. The molecule has 0 unspecified atom stereocenters. The van der Waals surface area contributed by atoms with Crippen LogP contribution in [0.15, 0.2) is 90.1 Å². The number of benzene rings is 4. The van der Waals surface area contributed by atoms with E-state index >= 15 is 0 Å². The Morgan fingerprint density at radius 2 is 1.16 bits per heavy atom. The van der Waals surface area contributed by atoms with E-state index < -0.39 is 0 Å². The van der Waals surface area contributed by atoms with Crippen LogP contribution in [0, 0.1) is 0 Å². The van der Waals surface area contributed by atoms with Gasteiger partial charge in [-0.3, -0.25) is 4.99 Å². The number of hydrogen-bond acceptors (Lipinski definition) is 1. The number of aliphatic imine (C=N–C) groups is 1. The third-order valence-corrected chi connectivity index (χ3v) is 4.71. The number of nitrogens with zero attached hydrogens (tertiary/aromatic N) is 1. The second kappa shape index (κ2) is 5.60. The Bertz CT molecular complexity index is 1230. The van der Waals surface area contributed by atoms with Crippen LogP contribution < -0.4 is 0 Å². The van der Waals surface area contributed by atoms with Gasteiger partial charge in [-0.1, -0.05) is 66.7 Å². The number of fused-ring (bicyclic) bond motifs is 6. The summed E-state index contributed by atoms with van der Waals surface area (Å²) in [6.07, 6.45) is 4.02. The highest BCUT2D eigenvalue weighted by Crippen LogP contribution is 2.36. The molecule has 118 valence electrons. The van der Waals surface area contributed by atoms with Gasteiger partial charge in [-0.15, -0.1) is 0 Å². The van der Waals surface area contributed by atoms with Crippen LogP contribution in [0.1, 0.15) is 5.69 Å². The number of aromatic nitrogens is 1. The number of aromatic amines is 1. The maximum Gasteiger partial charge on any atom is 0.0652 e. The van der Waals surface area contributed by atoms with Gasteiger partial charge in [0.2, 0.25) is 0 Å². The standard InChI is InChI=1S/C23H16N2/c1-2-8-16(9-3-1)24-15-22-23-20-13-7-6-11-18(20)17-10-4-5-12-19(17)21(23)14-25-22/h1-15,25H. The van der Waals surface area contributed by atoms with Gasteiger partial charge in [0.1, 0.15) is 0 Å². The van der Waals surface area contributed by atoms with Crippen molar-refractivity contribution in [1.82, 2.24) is 4.98 Å². The summed E-state index contributed by atoms with van der Waals surface area (Å²) in [6.45, 7) is 0. The molecule has 0 saturated heterocycles. The lowest BCUT2D eigenvalue weighted by molar-refractivity contribution is 1.39.